The lowest BCUT2D eigenvalue weighted by Crippen LogP contribution is -2.44. The molecule has 0 saturated heterocycles. The van der Waals surface area contributed by atoms with Crippen molar-refractivity contribution in [3.05, 3.63) is 83.9 Å². The van der Waals surface area contributed by atoms with Crippen LogP contribution in [0.1, 0.15) is 40.0 Å². The molecule has 0 aliphatic heterocycles. The predicted octanol–water partition coefficient (Wildman–Crippen LogP) is 4.08. The van der Waals surface area contributed by atoms with Crippen molar-refractivity contribution in [3.8, 4) is 0 Å². The molecular formula is C20H19NO2. The summed E-state index contributed by atoms with van der Waals surface area (Å²) in [5.74, 6) is -0.480. The number of carbonyl (C=O) groups is 2. The van der Waals surface area contributed by atoms with Crippen LogP contribution in [0.15, 0.2) is 72.8 Å². The second-order valence-electron chi connectivity index (χ2n) is 5.64. The normalized spacial score (nSPS) is 16.8. The summed E-state index contributed by atoms with van der Waals surface area (Å²) in [4.78, 5) is 27.3. The molecule has 0 saturated carbocycles. The fourth-order valence-electron chi connectivity index (χ4n) is 2.84. The van der Waals surface area contributed by atoms with Crippen LogP contribution in [0.3, 0.4) is 0 Å². The van der Waals surface area contributed by atoms with Crippen molar-refractivity contribution in [2.24, 2.45) is 0 Å². The molecule has 0 spiro atoms. The van der Waals surface area contributed by atoms with Gasteiger partial charge < -0.3 is 0 Å². The van der Waals surface area contributed by atoms with Gasteiger partial charge in [0.25, 0.3) is 11.8 Å². The highest BCUT2D eigenvalue weighted by atomic mass is 16.2. The topological polar surface area (TPSA) is 37.4 Å². The Labute approximate surface area is 136 Å². The molecule has 0 aromatic heterocycles. The van der Waals surface area contributed by atoms with Crippen LogP contribution in [0.25, 0.3) is 0 Å². The Bertz CT molecular complexity index is 655. The Hall–Kier alpha value is -2.68. The molecular weight excluding hydrogens is 286 g/mol. The average Bonchev–Trinajstić information content (AvgIpc) is 2.64. The zero-order valence-corrected chi connectivity index (χ0v) is 12.9. The monoisotopic (exact) mass is 305 g/mol. The van der Waals surface area contributed by atoms with Gasteiger partial charge in [-0.1, -0.05) is 48.6 Å². The first-order chi connectivity index (χ1) is 11.3. The largest absolute Gasteiger partial charge is 0.269 e. The number of amides is 2. The van der Waals surface area contributed by atoms with Gasteiger partial charge in [0.15, 0.2) is 0 Å². The van der Waals surface area contributed by atoms with E-state index in [2.05, 4.69) is 6.08 Å². The van der Waals surface area contributed by atoms with E-state index >= 15 is 0 Å². The Balaban J connectivity index is 1.97. The Morgan fingerprint density at radius 3 is 1.78 bits per heavy atom. The second-order valence-corrected chi connectivity index (χ2v) is 5.64. The molecule has 3 heteroatoms. The first-order valence-electron chi connectivity index (χ1n) is 7.92. The first kappa shape index (κ1) is 15.2. The van der Waals surface area contributed by atoms with E-state index in [0.29, 0.717) is 11.1 Å². The number of rotatable bonds is 3. The van der Waals surface area contributed by atoms with Gasteiger partial charge in [0.05, 0.1) is 6.04 Å². The molecule has 1 aliphatic rings. The Kier molecular flexibility index (Phi) is 4.67. The number of imide groups is 1. The van der Waals surface area contributed by atoms with Crippen LogP contribution in [0.4, 0.5) is 0 Å². The highest BCUT2D eigenvalue weighted by Crippen LogP contribution is 2.21. The van der Waals surface area contributed by atoms with E-state index in [1.54, 1.807) is 24.3 Å². The van der Waals surface area contributed by atoms with Crippen LogP contribution in [0, 0.1) is 0 Å². The van der Waals surface area contributed by atoms with Gasteiger partial charge >= 0.3 is 0 Å². The number of nitrogens with zero attached hydrogens (tertiary/aromatic N) is 1. The van der Waals surface area contributed by atoms with E-state index in [1.807, 2.05) is 42.5 Å². The third-order valence-corrected chi connectivity index (χ3v) is 4.04. The summed E-state index contributed by atoms with van der Waals surface area (Å²) >= 11 is 0. The van der Waals surface area contributed by atoms with Gasteiger partial charge in [0.2, 0.25) is 0 Å². The van der Waals surface area contributed by atoms with Crippen molar-refractivity contribution in [2.45, 2.75) is 25.3 Å². The summed E-state index contributed by atoms with van der Waals surface area (Å²) in [6, 6.07) is 17.8. The predicted molar refractivity (Wildman–Crippen MR) is 90.2 cm³/mol. The quantitative estimate of drug-likeness (QED) is 0.633. The number of carbonyl (C=O) groups excluding carboxylic acids is 2. The van der Waals surface area contributed by atoms with Gasteiger partial charge in [-0.05, 0) is 43.5 Å². The van der Waals surface area contributed by atoms with Gasteiger partial charge in [-0.25, -0.2) is 0 Å². The molecule has 0 heterocycles. The van der Waals surface area contributed by atoms with E-state index in [1.165, 1.54) is 4.90 Å². The van der Waals surface area contributed by atoms with Crippen molar-refractivity contribution < 1.29 is 9.59 Å². The summed E-state index contributed by atoms with van der Waals surface area (Å²) in [5.41, 5.74) is 1.08. The maximum Gasteiger partial charge on any atom is 0.261 e. The van der Waals surface area contributed by atoms with E-state index in [0.717, 1.165) is 19.3 Å². The molecule has 2 amide bonds. The minimum absolute atomic E-state index is 0.177. The minimum Gasteiger partial charge on any atom is -0.269 e. The van der Waals surface area contributed by atoms with Gasteiger partial charge in [0.1, 0.15) is 0 Å². The SMILES string of the molecule is O=C(c1ccccc1)N(C(=O)c1ccccc1)C1C=CCCC1. The maximum absolute atomic E-state index is 12.9. The zero-order valence-electron chi connectivity index (χ0n) is 12.9. The molecule has 0 bridgehead atoms. The fraction of sp³-hybridized carbons (Fsp3) is 0.200. The van der Waals surface area contributed by atoms with E-state index in [-0.39, 0.29) is 17.9 Å². The zero-order chi connectivity index (χ0) is 16.1. The van der Waals surface area contributed by atoms with Crippen LogP contribution in [-0.2, 0) is 0 Å². The summed E-state index contributed by atoms with van der Waals surface area (Å²) < 4.78 is 0. The van der Waals surface area contributed by atoms with Crippen molar-refractivity contribution >= 4 is 11.8 Å². The molecule has 3 rings (SSSR count). The van der Waals surface area contributed by atoms with E-state index in [9.17, 15) is 9.59 Å². The standard InChI is InChI=1S/C20H19NO2/c22-19(16-10-4-1-5-11-16)21(18-14-8-3-9-15-18)20(23)17-12-6-2-7-13-17/h1-2,4-8,10-14,18H,3,9,15H2. The third kappa shape index (κ3) is 3.39. The van der Waals surface area contributed by atoms with Gasteiger partial charge in [-0.2, -0.15) is 0 Å². The van der Waals surface area contributed by atoms with Crippen LogP contribution >= 0.6 is 0 Å². The Morgan fingerprint density at radius 2 is 1.35 bits per heavy atom. The molecule has 1 unspecified atom stereocenters. The highest BCUT2D eigenvalue weighted by molar-refractivity contribution is 6.10. The molecule has 1 atom stereocenters. The molecule has 0 radical (unpaired) electrons. The van der Waals surface area contributed by atoms with E-state index in [4.69, 9.17) is 0 Å². The Morgan fingerprint density at radius 1 is 0.826 bits per heavy atom. The lowest BCUT2D eigenvalue weighted by Gasteiger charge is -2.30. The molecule has 0 fully saturated rings. The van der Waals surface area contributed by atoms with Crippen molar-refractivity contribution in [2.75, 3.05) is 0 Å². The molecule has 1 aliphatic carbocycles. The summed E-state index contributed by atoms with van der Waals surface area (Å²) in [6.07, 6.45) is 6.84. The van der Waals surface area contributed by atoms with Crippen LogP contribution in [0.2, 0.25) is 0 Å². The summed E-state index contributed by atoms with van der Waals surface area (Å²) in [6.45, 7) is 0. The average molecular weight is 305 g/mol. The number of hydrogen-bond donors (Lipinski definition) is 0. The molecule has 3 nitrogen and oxygen atoms in total. The first-order valence-corrected chi connectivity index (χ1v) is 7.92. The summed E-state index contributed by atoms with van der Waals surface area (Å²) in [7, 11) is 0. The molecule has 2 aromatic carbocycles. The van der Waals surface area contributed by atoms with Crippen LogP contribution in [-0.4, -0.2) is 22.8 Å². The van der Waals surface area contributed by atoms with E-state index < -0.39 is 0 Å². The fourth-order valence-corrected chi connectivity index (χ4v) is 2.84. The van der Waals surface area contributed by atoms with Gasteiger partial charge in [-0.3, -0.25) is 14.5 Å². The molecule has 0 N–H and O–H groups in total. The van der Waals surface area contributed by atoms with Crippen LogP contribution in [0.5, 0.6) is 0 Å². The van der Waals surface area contributed by atoms with Crippen molar-refractivity contribution in [1.29, 1.82) is 0 Å². The maximum atomic E-state index is 12.9. The smallest absolute Gasteiger partial charge is 0.261 e. The highest BCUT2D eigenvalue weighted by Gasteiger charge is 2.30. The number of benzene rings is 2. The number of hydrogen-bond acceptors (Lipinski definition) is 2. The lowest BCUT2D eigenvalue weighted by atomic mass is 9.99. The van der Waals surface area contributed by atoms with Gasteiger partial charge in [-0.15, -0.1) is 0 Å². The molecule has 23 heavy (non-hydrogen) atoms. The van der Waals surface area contributed by atoms with Crippen molar-refractivity contribution in [3.63, 3.8) is 0 Å². The minimum atomic E-state index is -0.240. The van der Waals surface area contributed by atoms with Crippen molar-refractivity contribution in [1.82, 2.24) is 4.90 Å². The molecule has 2 aromatic rings. The summed E-state index contributed by atoms with van der Waals surface area (Å²) in [5, 5.41) is 0. The van der Waals surface area contributed by atoms with Crippen LogP contribution < -0.4 is 0 Å². The lowest BCUT2D eigenvalue weighted by molar-refractivity contribution is 0.0566. The third-order valence-electron chi connectivity index (χ3n) is 4.04. The van der Waals surface area contributed by atoms with Gasteiger partial charge in [0, 0.05) is 11.1 Å². The molecule has 116 valence electrons. The second kappa shape index (κ2) is 7.05. The number of allylic oxidation sites excluding steroid dienone is 1.